The maximum absolute atomic E-state index is 10.4. The molecule has 0 N–H and O–H groups in total. The Morgan fingerprint density at radius 3 is 2.21 bits per heavy atom. The fourth-order valence-electron chi connectivity index (χ4n) is 1.19. The smallest absolute Gasteiger partial charge is 0.258 e. The average Bonchev–Trinajstić information content (AvgIpc) is 2.15. The Hall–Kier alpha value is -1.16. The molecule has 0 bridgehead atoms. The summed E-state index contributed by atoms with van der Waals surface area (Å²) in [5, 5.41) is 10.4. The van der Waals surface area contributed by atoms with Crippen molar-refractivity contribution in [2.45, 2.75) is 25.7 Å². The molecule has 1 aromatic rings. The first kappa shape index (κ1) is 9.39. The van der Waals surface area contributed by atoms with E-state index in [1.807, 2.05) is 0 Å². The number of benzene rings is 1. The lowest BCUT2D eigenvalue weighted by Crippen LogP contribution is -2.23. The second kappa shape index (κ2) is 3.92. The number of nitro groups is 1. The highest BCUT2D eigenvalue weighted by atomic mass is 28.3. The summed E-state index contributed by atoms with van der Waals surface area (Å²) < 4.78 is 8.03. The van der Waals surface area contributed by atoms with Crippen molar-refractivity contribution in [2.24, 2.45) is 0 Å². The van der Waals surface area contributed by atoms with Crippen molar-refractivity contribution >= 4 is 13.8 Å². The van der Waals surface area contributed by atoms with Crippen LogP contribution in [-0.2, 0) is 6.02 Å². The Kier molecular flexibility index (Phi) is 2.63. The van der Waals surface area contributed by atoms with E-state index >= 15 is 0 Å². The Morgan fingerprint density at radius 2 is 1.86 bits per heavy atom. The van der Waals surface area contributed by atoms with E-state index in [-0.39, 0.29) is 11.7 Å². The molecule has 3 nitrogen and oxygen atoms in total. The lowest BCUT2D eigenvalue weighted by molar-refractivity contribution is -0.384. The standard InChI is InChI=1S/C10H15NO2Si/c1-14(2,3)8-9-4-6-10(7-5-9)11(12)13/h4-7H,8H2,1-3H3/i8D. The van der Waals surface area contributed by atoms with Crippen molar-refractivity contribution in [2.75, 3.05) is 0 Å². The Labute approximate surface area is 86.3 Å². The van der Waals surface area contributed by atoms with Crippen LogP contribution >= 0.6 is 0 Å². The lowest BCUT2D eigenvalue weighted by atomic mass is 10.2. The number of nitrogens with zero attached hydrogens (tertiary/aromatic N) is 1. The molecule has 0 aliphatic heterocycles. The topological polar surface area (TPSA) is 43.1 Å². The van der Waals surface area contributed by atoms with E-state index in [2.05, 4.69) is 19.6 Å². The van der Waals surface area contributed by atoms with Crippen molar-refractivity contribution in [3.05, 3.63) is 39.9 Å². The van der Waals surface area contributed by atoms with Crippen LogP contribution in [0, 0.1) is 10.1 Å². The molecule has 0 amide bonds. The minimum Gasteiger partial charge on any atom is -0.258 e. The highest BCUT2D eigenvalue weighted by Gasteiger charge is 2.14. The molecule has 76 valence electrons. The molecular formula is C10H15NO2Si. The largest absolute Gasteiger partial charge is 0.269 e. The summed E-state index contributed by atoms with van der Waals surface area (Å²) in [4.78, 5) is 10.0. The summed E-state index contributed by atoms with van der Waals surface area (Å²) in [6.45, 7) is 6.35. The molecule has 1 aromatic carbocycles. The predicted octanol–water partition coefficient (Wildman–Crippen LogP) is 3.01. The monoisotopic (exact) mass is 210 g/mol. The van der Waals surface area contributed by atoms with Gasteiger partial charge < -0.3 is 0 Å². The van der Waals surface area contributed by atoms with Gasteiger partial charge in [0.15, 0.2) is 0 Å². The minimum absolute atomic E-state index is 0.0847. The zero-order valence-corrected chi connectivity index (χ0v) is 9.65. The minimum atomic E-state index is -1.55. The molecule has 0 aromatic heterocycles. The van der Waals surface area contributed by atoms with Crippen LogP contribution < -0.4 is 0 Å². The molecule has 0 saturated carbocycles. The summed E-state index contributed by atoms with van der Waals surface area (Å²) in [7, 11) is -1.55. The van der Waals surface area contributed by atoms with Gasteiger partial charge in [-0.15, -0.1) is 0 Å². The van der Waals surface area contributed by atoms with Crippen molar-refractivity contribution in [1.29, 1.82) is 0 Å². The van der Waals surface area contributed by atoms with Gasteiger partial charge in [-0.3, -0.25) is 10.1 Å². The summed E-state index contributed by atoms with van der Waals surface area (Å²) in [6, 6.07) is 6.09. The highest BCUT2D eigenvalue weighted by Crippen LogP contribution is 2.16. The summed E-state index contributed by atoms with van der Waals surface area (Å²) in [5.41, 5.74) is 0.960. The van der Waals surface area contributed by atoms with Crippen LogP contribution in [-0.4, -0.2) is 13.0 Å². The van der Waals surface area contributed by atoms with Gasteiger partial charge in [-0.1, -0.05) is 37.3 Å². The number of hydrogen-bond donors (Lipinski definition) is 0. The number of rotatable bonds is 3. The summed E-state index contributed by atoms with van der Waals surface area (Å²) in [5.74, 6) is 0. The number of non-ortho nitro benzene ring substituents is 1. The third-order valence-electron chi connectivity index (χ3n) is 1.70. The van der Waals surface area contributed by atoms with Crippen LogP contribution in [0.5, 0.6) is 0 Å². The maximum Gasteiger partial charge on any atom is 0.269 e. The SMILES string of the molecule is [2H]C(c1ccc([N+](=O)[O-])cc1)[Si](C)(C)C. The molecule has 0 fully saturated rings. The third kappa shape index (κ3) is 3.30. The van der Waals surface area contributed by atoms with Gasteiger partial charge in [0.05, 0.1) is 4.92 Å². The van der Waals surface area contributed by atoms with Crippen LogP contribution in [0.3, 0.4) is 0 Å². The molecule has 0 spiro atoms. The molecule has 1 unspecified atom stereocenters. The van der Waals surface area contributed by atoms with Crippen LogP contribution in [0.4, 0.5) is 5.69 Å². The quantitative estimate of drug-likeness (QED) is 0.437. The zero-order chi connectivity index (χ0) is 11.6. The van der Waals surface area contributed by atoms with E-state index in [0.717, 1.165) is 5.56 Å². The van der Waals surface area contributed by atoms with Gasteiger partial charge >= 0.3 is 0 Å². The summed E-state index contributed by atoms with van der Waals surface area (Å²) in [6.07, 6.45) is 0. The maximum atomic E-state index is 10.4. The molecule has 0 aliphatic rings. The van der Waals surface area contributed by atoms with Crippen molar-refractivity contribution in [1.82, 2.24) is 0 Å². The average molecular weight is 210 g/mol. The van der Waals surface area contributed by atoms with Crippen molar-refractivity contribution < 1.29 is 6.29 Å². The fourth-order valence-corrected chi connectivity index (χ4v) is 2.38. The molecule has 0 heterocycles. The Bertz CT molecular complexity index is 359. The molecule has 14 heavy (non-hydrogen) atoms. The van der Waals surface area contributed by atoms with Gasteiger partial charge in [-0.2, -0.15) is 0 Å². The van der Waals surface area contributed by atoms with E-state index in [1.54, 1.807) is 12.1 Å². The first-order valence-electron chi connectivity index (χ1n) is 5.06. The van der Waals surface area contributed by atoms with Gasteiger partial charge in [-0.05, 0) is 6.02 Å². The predicted molar refractivity (Wildman–Crippen MR) is 60.1 cm³/mol. The normalized spacial score (nSPS) is 14.6. The molecule has 0 radical (unpaired) electrons. The van der Waals surface area contributed by atoms with Crippen LogP contribution in [0.15, 0.2) is 24.3 Å². The van der Waals surface area contributed by atoms with Gasteiger partial charge in [0.1, 0.15) is 0 Å². The number of hydrogen-bond acceptors (Lipinski definition) is 2. The molecular weight excluding hydrogens is 194 g/mol. The van der Waals surface area contributed by atoms with E-state index in [0.29, 0.717) is 0 Å². The lowest BCUT2D eigenvalue weighted by Gasteiger charge is -2.15. The van der Waals surface area contributed by atoms with E-state index < -0.39 is 13.0 Å². The first-order chi connectivity index (χ1) is 6.82. The third-order valence-corrected chi connectivity index (χ3v) is 2.90. The van der Waals surface area contributed by atoms with Gasteiger partial charge in [-0.25, -0.2) is 0 Å². The van der Waals surface area contributed by atoms with Crippen molar-refractivity contribution in [3.63, 3.8) is 0 Å². The summed E-state index contributed by atoms with van der Waals surface area (Å²) >= 11 is 0. The highest BCUT2D eigenvalue weighted by molar-refractivity contribution is 6.75. The fraction of sp³-hybridized carbons (Fsp3) is 0.400. The van der Waals surface area contributed by atoms with Crippen LogP contribution in [0.2, 0.25) is 19.6 Å². The van der Waals surface area contributed by atoms with Gasteiger partial charge in [0, 0.05) is 21.6 Å². The van der Waals surface area contributed by atoms with E-state index in [9.17, 15) is 10.1 Å². The van der Waals surface area contributed by atoms with Crippen LogP contribution in [0.25, 0.3) is 0 Å². The second-order valence-corrected chi connectivity index (χ2v) is 9.38. The molecule has 4 heteroatoms. The molecule has 0 aliphatic carbocycles. The molecule has 1 rings (SSSR count). The zero-order valence-electron chi connectivity index (χ0n) is 9.65. The van der Waals surface area contributed by atoms with Crippen molar-refractivity contribution in [3.8, 4) is 0 Å². The van der Waals surface area contributed by atoms with Gasteiger partial charge in [0.2, 0.25) is 0 Å². The Balaban J connectivity index is 2.94. The molecule has 0 saturated heterocycles. The second-order valence-electron chi connectivity index (χ2n) is 4.36. The molecule has 1 atom stereocenters. The van der Waals surface area contributed by atoms with Crippen LogP contribution in [0.1, 0.15) is 6.93 Å². The Morgan fingerprint density at radius 1 is 1.36 bits per heavy atom. The van der Waals surface area contributed by atoms with Gasteiger partial charge in [0.25, 0.3) is 5.69 Å². The van der Waals surface area contributed by atoms with E-state index in [4.69, 9.17) is 1.37 Å². The first-order valence-corrected chi connectivity index (χ1v) is 8.06. The van der Waals surface area contributed by atoms with E-state index in [1.165, 1.54) is 12.1 Å². The number of nitro benzene ring substituents is 1.